The van der Waals surface area contributed by atoms with Gasteiger partial charge in [-0.3, -0.25) is 9.59 Å². The normalized spacial score (nSPS) is 13.6. The molecule has 0 saturated heterocycles. The molecule has 0 unspecified atom stereocenters. The summed E-state index contributed by atoms with van der Waals surface area (Å²) in [7, 11) is 0. The first kappa shape index (κ1) is 13.8. The van der Waals surface area contributed by atoms with Crippen molar-refractivity contribution in [3.8, 4) is 0 Å². The van der Waals surface area contributed by atoms with Crippen LogP contribution in [0.5, 0.6) is 0 Å². The third kappa shape index (κ3) is 2.97. The smallest absolute Gasteiger partial charge is 0.243 e. The van der Waals surface area contributed by atoms with Crippen molar-refractivity contribution in [2.75, 3.05) is 23.3 Å². The summed E-state index contributed by atoms with van der Waals surface area (Å²) < 4.78 is 0.932. The molecular formula is C16H13BrN2O2. The minimum Gasteiger partial charge on any atom is -0.353 e. The van der Waals surface area contributed by atoms with Crippen molar-refractivity contribution in [2.24, 2.45) is 0 Å². The van der Waals surface area contributed by atoms with Crippen LogP contribution in [0.4, 0.5) is 11.4 Å². The van der Waals surface area contributed by atoms with E-state index in [4.69, 9.17) is 0 Å². The van der Waals surface area contributed by atoms with E-state index in [0.717, 1.165) is 15.8 Å². The highest BCUT2D eigenvalue weighted by atomic mass is 79.9. The average molecular weight is 345 g/mol. The van der Waals surface area contributed by atoms with Crippen LogP contribution < -0.4 is 10.2 Å². The number of amides is 1. The molecule has 1 heterocycles. The number of benzene rings is 2. The molecule has 1 aliphatic rings. The first-order chi connectivity index (χ1) is 10.1. The van der Waals surface area contributed by atoms with E-state index in [1.165, 1.54) is 0 Å². The number of nitrogens with one attached hydrogen (secondary N) is 1. The van der Waals surface area contributed by atoms with Gasteiger partial charge in [-0.1, -0.05) is 40.2 Å². The molecule has 1 amide bonds. The molecule has 1 aliphatic heterocycles. The first-order valence-corrected chi connectivity index (χ1v) is 7.35. The van der Waals surface area contributed by atoms with Crippen molar-refractivity contribution in [3.05, 3.63) is 58.6 Å². The Hall–Kier alpha value is -2.14. The molecule has 3 rings (SSSR count). The molecule has 0 aliphatic carbocycles. The van der Waals surface area contributed by atoms with Gasteiger partial charge >= 0.3 is 0 Å². The van der Waals surface area contributed by atoms with Crippen LogP contribution in [-0.4, -0.2) is 24.8 Å². The van der Waals surface area contributed by atoms with Crippen LogP contribution >= 0.6 is 15.9 Å². The highest BCUT2D eigenvalue weighted by Gasteiger charge is 2.23. The van der Waals surface area contributed by atoms with Crippen LogP contribution in [0.2, 0.25) is 0 Å². The van der Waals surface area contributed by atoms with Crippen LogP contribution in [-0.2, 0) is 4.79 Å². The van der Waals surface area contributed by atoms with Gasteiger partial charge in [-0.15, -0.1) is 0 Å². The predicted octanol–water partition coefficient (Wildman–Crippen LogP) is 3.09. The number of carbonyl (C=O) groups excluding carboxylic acids is 2. The highest BCUT2D eigenvalue weighted by molar-refractivity contribution is 9.10. The molecule has 2 aromatic rings. The number of Topliss-reactive ketones (excluding diaryl/α,β-unsaturated/α-hetero) is 1. The van der Waals surface area contributed by atoms with E-state index in [-0.39, 0.29) is 24.8 Å². The largest absolute Gasteiger partial charge is 0.353 e. The molecule has 2 aromatic carbocycles. The second-order valence-electron chi connectivity index (χ2n) is 4.85. The lowest BCUT2D eigenvalue weighted by Crippen LogP contribution is -2.41. The lowest BCUT2D eigenvalue weighted by Gasteiger charge is -2.30. The summed E-state index contributed by atoms with van der Waals surface area (Å²) in [5.41, 5.74) is 2.27. The maximum absolute atomic E-state index is 12.4. The molecule has 0 bridgehead atoms. The molecule has 106 valence electrons. The standard InChI is InChI=1S/C16H13BrN2O2/c17-12-7-5-11(6-8-12)15(20)9-19-10-16(21)18-13-3-1-2-4-14(13)19/h1-8H,9-10H2,(H,18,21). The fraction of sp³-hybridized carbons (Fsp3) is 0.125. The molecule has 21 heavy (non-hydrogen) atoms. The van der Waals surface area contributed by atoms with E-state index in [9.17, 15) is 9.59 Å². The summed E-state index contributed by atoms with van der Waals surface area (Å²) in [5, 5.41) is 2.81. The zero-order valence-corrected chi connectivity index (χ0v) is 12.8. The number of nitrogens with zero attached hydrogens (tertiary/aromatic N) is 1. The Morgan fingerprint density at radius 3 is 2.62 bits per heavy atom. The monoisotopic (exact) mass is 344 g/mol. The van der Waals surface area contributed by atoms with Crippen LogP contribution in [0.1, 0.15) is 10.4 Å². The second kappa shape index (κ2) is 5.69. The third-order valence-electron chi connectivity index (χ3n) is 3.35. The summed E-state index contributed by atoms with van der Waals surface area (Å²) in [6.45, 7) is 0.380. The Morgan fingerprint density at radius 1 is 1.14 bits per heavy atom. The van der Waals surface area contributed by atoms with Crippen molar-refractivity contribution in [3.63, 3.8) is 0 Å². The summed E-state index contributed by atoms with van der Waals surface area (Å²) in [6.07, 6.45) is 0. The number of ketones is 1. The molecule has 0 saturated carbocycles. The number of halogens is 1. The van der Waals surface area contributed by atoms with Crippen molar-refractivity contribution in [2.45, 2.75) is 0 Å². The Morgan fingerprint density at radius 2 is 1.86 bits per heavy atom. The van der Waals surface area contributed by atoms with Crippen LogP contribution in [0.25, 0.3) is 0 Å². The third-order valence-corrected chi connectivity index (χ3v) is 3.88. The van der Waals surface area contributed by atoms with Gasteiger partial charge in [0.2, 0.25) is 5.91 Å². The first-order valence-electron chi connectivity index (χ1n) is 6.56. The quantitative estimate of drug-likeness (QED) is 0.870. The maximum atomic E-state index is 12.4. The number of anilines is 2. The lowest BCUT2D eigenvalue weighted by molar-refractivity contribution is -0.115. The van der Waals surface area contributed by atoms with Gasteiger partial charge in [0.05, 0.1) is 24.5 Å². The molecule has 4 nitrogen and oxygen atoms in total. The molecule has 0 aromatic heterocycles. The van der Waals surface area contributed by atoms with Gasteiger partial charge in [0.1, 0.15) is 0 Å². The number of rotatable bonds is 3. The molecule has 0 atom stereocenters. The Kier molecular flexibility index (Phi) is 3.75. The SMILES string of the molecule is O=C1CN(CC(=O)c2ccc(Br)cc2)c2ccccc2N1. The second-order valence-corrected chi connectivity index (χ2v) is 5.77. The van der Waals surface area contributed by atoms with Gasteiger partial charge in [-0.05, 0) is 24.3 Å². The number of hydrogen-bond donors (Lipinski definition) is 1. The van der Waals surface area contributed by atoms with Gasteiger partial charge in [-0.25, -0.2) is 0 Å². The van der Waals surface area contributed by atoms with E-state index in [1.54, 1.807) is 17.0 Å². The summed E-state index contributed by atoms with van der Waals surface area (Å²) >= 11 is 3.35. The highest BCUT2D eigenvalue weighted by Crippen LogP contribution is 2.28. The van der Waals surface area contributed by atoms with Crippen molar-refractivity contribution >= 4 is 39.0 Å². The fourth-order valence-corrected chi connectivity index (χ4v) is 2.61. The Bertz CT molecular complexity index is 698. The number of carbonyl (C=O) groups is 2. The maximum Gasteiger partial charge on any atom is 0.243 e. The molecule has 5 heteroatoms. The van der Waals surface area contributed by atoms with Crippen molar-refractivity contribution in [1.29, 1.82) is 0 Å². The van der Waals surface area contributed by atoms with Crippen LogP contribution in [0, 0.1) is 0 Å². The predicted molar refractivity (Wildman–Crippen MR) is 85.8 cm³/mol. The fourth-order valence-electron chi connectivity index (χ4n) is 2.34. The van der Waals surface area contributed by atoms with Gasteiger partial charge in [0.15, 0.2) is 5.78 Å². The minimum absolute atomic E-state index is 0.00740. The molecule has 0 fully saturated rings. The average Bonchev–Trinajstić information content (AvgIpc) is 2.47. The Labute approximate surface area is 130 Å². The summed E-state index contributed by atoms with van der Waals surface area (Å²) in [4.78, 5) is 25.9. The zero-order chi connectivity index (χ0) is 14.8. The minimum atomic E-state index is -0.0997. The summed E-state index contributed by atoms with van der Waals surface area (Å²) in [6, 6.07) is 14.7. The van der Waals surface area contributed by atoms with Gasteiger partial charge in [-0.2, -0.15) is 0 Å². The van der Waals surface area contributed by atoms with Gasteiger partial charge < -0.3 is 10.2 Å². The van der Waals surface area contributed by atoms with E-state index in [0.29, 0.717) is 5.56 Å². The topological polar surface area (TPSA) is 49.4 Å². The van der Waals surface area contributed by atoms with Gasteiger partial charge in [0, 0.05) is 10.0 Å². The van der Waals surface area contributed by atoms with Crippen molar-refractivity contribution in [1.82, 2.24) is 0 Å². The number of para-hydroxylation sites is 2. The van der Waals surface area contributed by atoms with E-state index in [1.807, 2.05) is 36.4 Å². The van der Waals surface area contributed by atoms with Gasteiger partial charge in [0.25, 0.3) is 0 Å². The number of fused-ring (bicyclic) bond motifs is 1. The van der Waals surface area contributed by atoms with Crippen LogP contribution in [0.15, 0.2) is 53.0 Å². The molecular weight excluding hydrogens is 332 g/mol. The Balaban J connectivity index is 1.83. The lowest BCUT2D eigenvalue weighted by atomic mass is 10.1. The van der Waals surface area contributed by atoms with Crippen molar-refractivity contribution < 1.29 is 9.59 Å². The van der Waals surface area contributed by atoms with E-state index < -0.39 is 0 Å². The van der Waals surface area contributed by atoms with Crippen LogP contribution in [0.3, 0.4) is 0 Å². The van der Waals surface area contributed by atoms with E-state index >= 15 is 0 Å². The molecule has 0 radical (unpaired) electrons. The molecule has 0 spiro atoms. The zero-order valence-electron chi connectivity index (χ0n) is 11.2. The van der Waals surface area contributed by atoms with E-state index in [2.05, 4.69) is 21.2 Å². The molecule has 1 N–H and O–H groups in total. The summed E-state index contributed by atoms with van der Waals surface area (Å²) in [5.74, 6) is -0.107. The number of hydrogen-bond acceptors (Lipinski definition) is 3.